The first-order valence-electron chi connectivity index (χ1n) is 10.5. The van der Waals surface area contributed by atoms with Crippen LogP contribution in [0.2, 0.25) is 0 Å². The van der Waals surface area contributed by atoms with E-state index in [1.54, 1.807) is 19.3 Å². The molecule has 0 saturated carbocycles. The highest BCUT2D eigenvalue weighted by molar-refractivity contribution is 5.77. The highest BCUT2D eigenvalue weighted by Crippen LogP contribution is 2.21. The van der Waals surface area contributed by atoms with Crippen LogP contribution in [0.3, 0.4) is 0 Å². The predicted octanol–water partition coefficient (Wildman–Crippen LogP) is 4.40. The fourth-order valence-corrected chi connectivity index (χ4v) is 3.14. The lowest BCUT2D eigenvalue weighted by Crippen LogP contribution is -2.20. The van der Waals surface area contributed by atoms with E-state index in [4.69, 9.17) is 0 Å². The summed E-state index contributed by atoms with van der Waals surface area (Å²) in [6, 6.07) is 0. The Morgan fingerprint density at radius 2 is 1.33 bits per heavy atom. The zero-order chi connectivity index (χ0) is 24.4. The van der Waals surface area contributed by atoms with Gasteiger partial charge >= 0.3 is 0 Å². The molecule has 0 bridgehead atoms. The van der Waals surface area contributed by atoms with Crippen LogP contribution in [0.15, 0.2) is 18.6 Å². The standard InChI is InChI=1S/C11H14F2N4.C10H12F2N4/c1-4-9-14-5-8-7(2)16-17(10(8)15-9)6-11(3,12)13;1-3-8-13-4-7-5-14-16(9(7)15-8)6-10(2,11)12/h5H,4,6H2,1-3H3;4-5H,3,6H2,1-2H3. The number of nitrogens with zero attached hydrogens (tertiary/aromatic N) is 8. The number of alkyl halides is 4. The Labute approximate surface area is 188 Å². The first kappa shape index (κ1) is 24.5. The number of aryl methyl sites for hydroxylation is 3. The van der Waals surface area contributed by atoms with Gasteiger partial charge in [0, 0.05) is 39.1 Å². The Hall–Kier alpha value is -3.18. The number of aromatic nitrogens is 8. The zero-order valence-corrected chi connectivity index (χ0v) is 19.2. The summed E-state index contributed by atoms with van der Waals surface area (Å²) in [6.07, 6.45) is 6.10. The lowest BCUT2D eigenvalue weighted by molar-refractivity contribution is 0.000857. The molecule has 4 aromatic heterocycles. The molecule has 0 atom stereocenters. The third-order valence-electron chi connectivity index (χ3n) is 4.64. The van der Waals surface area contributed by atoms with E-state index >= 15 is 0 Å². The number of halogens is 4. The van der Waals surface area contributed by atoms with E-state index in [-0.39, 0.29) is 0 Å². The van der Waals surface area contributed by atoms with Crippen LogP contribution in [0, 0.1) is 6.92 Å². The maximum atomic E-state index is 13.0. The molecule has 0 spiro atoms. The molecule has 4 rings (SSSR count). The monoisotopic (exact) mass is 466 g/mol. The molecule has 0 aromatic carbocycles. The third kappa shape index (κ3) is 6.20. The van der Waals surface area contributed by atoms with Crippen molar-refractivity contribution in [2.45, 2.75) is 72.4 Å². The molecule has 12 heteroatoms. The van der Waals surface area contributed by atoms with Gasteiger partial charge in [0.25, 0.3) is 11.8 Å². The second-order valence-electron chi connectivity index (χ2n) is 7.98. The van der Waals surface area contributed by atoms with E-state index in [1.165, 1.54) is 15.6 Å². The Morgan fingerprint density at radius 3 is 1.91 bits per heavy atom. The maximum Gasteiger partial charge on any atom is 0.264 e. The van der Waals surface area contributed by atoms with Gasteiger partial charge in [-0.05, 0) is 6.92 Å². The molecule has 0 aliphatic heterocycles. The van der Waals surface area contributed by atoms with Gasteiger partial charge in [0.2, 0.25) is 0 Å². The molecular weight excluding hydrogens is 440 g/mol. The Bertz CT molecular complexity index is 1240. The van der Waals surface area contributed by atoms with E-state index in [0.717, 1.165) is 19.2 Å². The molecule has 0 unspecified atom stereocenters. The summed E-state index contributed by atoms with van der Waals surface area (Å²) < 4.78 is 54.3. The van der Waals surface area contributed by atoms with Crippen molar-refractivity contribution >= 4 is 22.1 Å². The molecule has 0 fully saturated rings. The molecule has 33 heavy (non-hydrogen) atoms. The largest absolute Gasteiger partial charge is 0.264 e. The van der Waals surface area contributed by atoms with Crippen molar-refractivity contribution in [3.63, 3.8) is 0 Å². The Balaban J connectivity index is 0.000000186. The summed E-state index contributed by atoms with van der Waals surface area (Å²) in [4.78, 5) is 16.7. The summed E-state index contributed by atoms with van der Waals surface area (Å²) in [5, 5.41) is 9.39. The normalized spacial score (nSPS) is 12.3. The SMILES string of the molecule is CCc1ncc2c(C)nn(CC(C)(F)F)c2n1.CCc1ncc2cnn(CC(C)(F)F)c2n1. The highest BCUT2D eigenvalue weighted by Gasteiger charge is 2.25. The lowest BCUT2D eigenvalue weighted by Gasteiger charge is -2.10. The number of rotatable bonds is 6. The molecule has 0 radical (unpaired) electrons. The smallest absolute Gasteiger partial charge is 0.241 e. The van der Waals surface area contributed by atoms with Gasteiger partial charge in [0.05, 0.1) is 22.7 Å². The Morgan fingerprint density at radius 1 is 0.788 bits per heavy atom. The fourth-order valence-electron chi connectivity index (χ4n) is 3.14. The van der Waals surface area contributed by atoms with Gasteiger partial charge in [-0.15, -0.1) is 0 Å². The average molecular weight is 466 g/mol. The van der Waals surface area contributed by atoms with E-state index in [1.807, 2.05) is 13.8 Å². The van der Waals surface area contributed by atoms with E-state index in [2.05, 4.69) is 30.1 Å². The van der Waals surface area contributed by atoms with Crippen LogP contribution < -0.4 is 0 Å². The van der Waals surface area contributed by atoms with Crippen molar-refractivity contribution in [2.75, 3.05) is 0 Å². The van der Waals surface area contributed by atoms with Gasteiger partial charge in [-0.1, -0.05) is 13.8 Å². The van der Waals surface area contributed by atoms with Gasteiger partial charge in [0.15, 0.2) is 11.3 Å². The quantitative estimate of drug-likeness (QED) is 0.392. The van der Waals surface area contributed by atoms with Crippen LogP contribution in [0.1, 0.15) is 45.0 Å². The van der Waals surface area contributed by atoms with Gasteiger partial charge in [-0.2, -0.15) is 10.2 Å². The van der Waals surface area contributed by atoms with Gasteiger partial charge in [-0.25, -0.2) is 46.9 Å². The summed E-state index contributed by atoms with van der Waals surface area (Å²) >= 11 is 0. The predicted molar refractivity (Wildman–Crippen MR) is 115 cm³/mol. The van der Waals surface area contributed by atoms with Crippen LogP contribution in [-0.4, -0.2) is 51.3 Å². The van der Waals surface area contributed by atoms with E-state index in [0.29, 0.717) is 46.9 Å². The first-order valence-corrected chi connectivity index (χ1v) is 10.5. The van der Waals surface area contributed by atoms with Crippen molar-refractivity contribution in [1.29, 1.82) is 0 Å². The van der Waals surface area contributed by atoms with Crippen LogP contribution >= 0.6 is 0 Å². The van der Waals surface area contributed by atoms with Crippen molar-refractivity contribution in [1.82, 2.24) is 39.5 Å². The zero-order valence-electron chi connectivity index (χ0n) is 19.2. The summed E-state index contributed by atoms with van der Waals surface area (Å²) in [5.41, 5.74) is 1.62. The molecule has 4 heterocycles. The molecule has 0 aliphatic carbocycles. The molecule has 8 nitrogen and oxygen atoms in total. The Kier molecular flexibility index (Phi) is 6.94. The average Bonchev–Trinajstić information content (AvgIpc) is 3.26. The topological polar surface area (TPSA) is 87.2 Å². The maximum absolute atomic E-state index is 13.0. The minimum Gasteiger partial charge on any atom is -0.241 e. The number of fused-ring (bicyclic) bond motifs is 2. The second kappa shape index (κ2) is 9.36. The molecule has 0 saturated heterocycles. The second-order valence-corrected chi connectivity index (χ2v) is 7.98. The molecule has 4 aromatic rings. The van der Waals surface area contributed by atoms with Gasteiger partial charge in [0.1, 0.15) is 24.7 Å². The number of hydrogen-bond acceptors (Lipinski definition) is 6. The molecule has 178 valence electrons. The highest BCUT2D eigenvalue weighted by atomic mass is 19.3. The van der Waals surface area contributed by atoms with Crippen LogP contribution in [-0.2, 0) is 25.9 Å². The summed E-state index contributed by atoms with van der Waals surface area (Å²) in [7, 11) is 0. The minimum absolute atomic E-state index is 0.461. The summed E-state index contributed by atoms with van der Waals surface area (Å²) in [6.45, 7) is 6.41. The van der Waals surface area contributed by atoms with Crippen molar-refractivity contribution in [3.05, 3.63) is 35.9 Å². The molecule has 0 N–H and O–H groups in total. The van der Waals surface area contributed by atoms with Crippen LogP contribution in [0.5, 0.6) is 0 Å². The lowest BCUT2D eigenvalue weighted by atomic mass is 10.3. The van der Waals surface area contributed by atoms with Crippen LogP contribution in [0.4, 0.5) is 17.6 Å². The molecular formula is C21H26F4N8. The van der Waals surface area contributed by atoms with Crippen molar-refractivity contribution in [2.24, 2.45) is 0 Å². The van der Waals surface area contributed by atoms with Crippen molar-refractivity contribution in [3.8, 4) is 0 Å². The van der Waals surface area contributed by atoms with E-state index < -0.39 is 24.9 Å². The number of hydrogen-bond donors (Lipinski definition) is 0. The van der Waals surface area contributed by atoms with Crippen LogP contribution in [0.25, 0.3) is 22.1 Å². The molecule has 0 amide bonds. The minimum atomic E-state index is -2.80. The summed E-state index contributed by atoms with van der Waals surface area (Å²) in [5.74, 6) is -4.33. The third-order valence-corrected chi connectivity index (χ3v) is 4.64. The molecule has 0 aliphatic rings. The van der Waals surface area contributed by atoms with Gasteiger partial charge in [-0.3, -0.25) is 0 Å². The van der Waals surface area contributed by atoms with E-state index in [9.17, 15) is 17.6 Å². The fraction of sp³-hybridized carbons (Fsp3) is 0.524. The van der Waals surface area contributed by atoms with Crippen molar-refractivity contribution < 1.29 is 17.6 Å². The van der Waals surface area contributed by atoms with Gasteiger partial charge < -0.3 is 0 Å². The first-order chi connectivity index (χ1) is 15.4.